The van der Waals surface area contributed by atoms with Gasteiger partial charge in [-0.15, -0.1) is 0 Å². The van der Waals surface area contributed by atoms with Crippen LogP contribution in [0.4, 0.5) is 17.6 Å². The minimum absolute atomic E-state index is 0.0347. The van der Waals surface area contributed by atoms with Gasteiger partial charge in [0, 0.05) is 35.2 Å². The fraction of sp³-hybridized carbons (Fsp3) is 0.545. The minimum atomic E-state index is -4.62. The summed E-state index contributed by atoms with van der Waals surface area (Å²) in [7, 11) is 0. The van der Waals surface area contributed by atoms with E-state index in [-0.39, 0.29) is 54.0 Å². The van der Waals surface area contributed by atoms with Crippen molar-refractivity contribution in [1.29, 1.82) is 0 Å². The number of piperidine rings is 1. The maximum Gasteiger partial charge on any atom is 0.435 e. The van der Waals surface area contributed by atoms with E-state index >= 15 is 0 Å². The van der Waals surface area contributed by atoms with Crippen molar-refractivity contribution in [3.8, 4) is 0 Å². The molecular weight excluding hydrogens is 448 g/mol. The maximum atomic E-state index is 14.3. The molecule has 0 aliphatic carbocycles. The van der Waals surface area contributed by atoms with E-state index in [2.05, 4.69) is 17.3 Å². The van der Waals surface area contributed by atoms with Gasteiger partial charge in [0.05, 0.1) is 18.8 Å². The van der Waals surface area contributed by atoms with Crippen LogP contribution in [0.1, 0.15) is 48.7 Å². The molecule has 1 N–H and O–H groups in total. The Morgan fingerprint density at radius 1 is 1.34 bits per heavy atom. The highest BCUT2D eigenvalue weighted by molar-refractivity contribution is 6.30. The molecule has 2 unspecified atom stereocenters. The second-order valence-corrected chi connectivity index (χ2v) is 9.12. The van der Waals surface area contributed by atoms with E-state index in [1.165, 1.54) is 16.8 Å². The molecule has 2 aliphatic heterocycles. The fourth-order valence-electron chi connectivity index (χ4n) is 4.66. The molecule has 0 bridgehead atoms. The average Bonchev–Trinajstić information content (AvgIpc) is 3.08. The van der Waals surface area contributed by atoms with Crippen LogP contribution < -0.4 is 5.32 Å². The summed E-state index contributed by atoms with van der Waals surface area (Å²) < 4.78 is 56.3. The number of carbonyl (C=O) groups is 1. The number of nitrogens with zero attached hydrogens (tertiary/aromatic N) is 3. The second kappa shape index (κ2) is 9.02. The van der Waals surface area contributed by atoms with Gasteiger partial charge in [0.2, 0.25) is 5.91 Å². The summed E-state index contributed by atoms with van der Waals surface area (Å²) in [6, 6.07) is 4.38. The van der Waals surface area contributed by atoms with Gasteiger partial charge in [-0.3, -0.25) is 9.48 Å². The first-order chi connectivity index (χ1) is 15.1. The molecule has 2 atom stereocenters. The Morgan fingerprint density at radius 2 is 2.12 bits per heavy atom. The number of hydrogen-bond acceptors (Lipinski definition) is 3. The van der Waals surface area contributed by atoms with Crippen LogP contribution in [-0.4, -0.2) is 39.7 Å². The normalized spacial score (nSPS) is 21.5. The lowest BCUT2D eigenvalue weighted by Gasteiger charge is -2.32. The zero-order chi connectivity index (χ0) is 23.0. The van der Waals surface area contributed by atoms with Crippen LogP contribution in [0.15, 0.2) is 18.2 Å². The van der Waals surface area contributed by atoms with Gasteiger partial charge >= 0.3 is 6.18 Å². The molecule has 10 heteroatoms. The van der Waals surface area contributed by atoms with Crippen LogP contribution in [0.25, 0.3) is 0 Å². The molecule has 1 fully saturated rings. The van der Waals surface area contributed by atoms with E-state index < -0.39 is 17.7 Å². The number of amides is 1. The lowest BCUT2D eigenvalue weighted by molar-refractivity contribution is -0.142. The Hall–Kier alpha value is -2.13. The van der Waals surface area contributed by atoms with E-state index in [0.717, 1.165) is 25.5 Å². The quantitative estimate of drug-likeness (QED) is 0.671. The maximum absolute atomic E-state index is 14.3. The smallest absolute Gasteiger partial charge is 0.336 e. The SMILES string of the molecule is CC1CC(CC(=O)N2CCc3c(C(F)(F)F)nn(Cc4ccc(Cl)cc4F)c3C2)CCN1. The zero-order valence-corrected chi connectivity index (χ0v) is 18.4. The summed E-state index contributed by atoms with van der Waals surface area (Å²) in [5.74, 6) is -0.410. The number of rotatable bonds is 4. The van der Waals surface area contributed by atoms with Crippen LogP contribution in [0, 0.1) is 11.7 Å². The van der Waals surface area contributed by atoms with Crippen molar-refractivity contribution in [3.05, 3.63) is 51.6 Å². The molecule has 1 aromatic carbocycles. The number of aromatic nitrogens is 2. The summed E-state index contributed by atoms with van der Waals surface area (Å²) in [6.45, 7) is 3.02. The molecule has 174 valence electrons. The van der Waals surface area contributed by atoms with Crippen molar-refractivity contribution in [3.63, 3.8) is 0 Å². The van der Waals surface area contributed by atoms with Gasteiger partial charge in [0.25, 0.3) is 0 Å². The van der Waals surface area contributed by atoms with Crippen LogP contribution in [-0.2, 0) is 30.5 Å². The Labute approximate surface area is 188 Å². The Bertz CT molecular complexity index is 1010. The fourth-order valence-corrected chi connectivity index (χ4v) is 4.82. The largest absolute Gasteiger partial charge is 0.435 e. The molecule has 32 heavy (non-hydrogen) atoms. The molecular formula is C22H25ClF4N4O. The summed E-state index contributed by atoms with van der Waals surface area (Å²) in [5.41, 5.74) is -0.377. The minimum Gasteiger partial charge on any atom is -0.336 e. The van der Waals surface area contributed by atoms with Gasteiger partial charge in [0.15, 0.2) is 5.69 Å². The van der Waals surface area contributed by atoms with E-state index in [9.17, 15) is 22.4 Å². The van der Waals surface area contributed by atoms with Crippen molar-refractivity contribution in [2.24, 2.45) is 5.92 Å². The van der Waals surface area contributed by atoms with E-state index in [1.807, 2.05) is 0 Å². The summed E-state index contributed by atoms with van der Waals surface area (Å²) in [6.07, 6.45) is -2.36. The number of halogens is 5. The summed E-state index contributed by atoms with van der Waals surface area (Å²) in [4.78, 5) is 14.5. The Morgan fingerprint density at radius 3 is 2.81 bits per heavy atom. The van der Waals surface area contributed by atoms with Crippen molar-refractivity contribution >= 4 is 17.5 Å². The molecule has 0 radical (unpaired) electrons. The van der Waals surface area contributed by atoms with Crippen molar-refractivity contribution in [1.82, 2.24) is 20.0 Å². The summed E-state index contributed by atoms with van der Waals surface area (Å²) >= 11 is 5.78. The van der Waals surface area contributed by atoms with Crippen LogP contribution in [0.5, 0.6) is 0 Å². The van der Waals surface area contributed by atoms with Crippen LogP contribution in [0.3, 0.4) is 0 Å². The highest BCUT2D eigenvalue weighted by Gasteiger charge is 2.41. The molecule has 2 aliphatic rings. The first-order valence-electron chi connectivity index (χ1n) is 10.7. The predicted octanol–water partition coefficient (Wildman–Crippen LogP) is 4.41. The van der Waals surface area contributed by atoms with E-state index in [1.54, 1.807) is 4.90 Å². The standard InChI is InChI=1S/C22H25ClF4N4O/c1-13-8-14(4-6-28-13)9-20(32)30-7-5-17-19(12-30)31(29-21(17)22(25,26)27)11-15-2-3-16(23)10-18(15)24/h2-3,10,13-14,28H,4-9,11-12H2,1H3. The topological polar surface area (TPSA) is 50.2 Å². The van der Waals surface area contributed by atoms with Gasteiger partial charge in [-0.25, -0.2) is 4.39 Å². The molecule has 0 saturated carbocycles. The molecule has 2 aromatic rings. The number of nitrogens with one attached hydrogen (secondary N) is 1. The predicted molar refractivity (Wildman–Crippen MR) is 112 cm³/mol. The van der Waals surface area contributed by atoms with Gasteiger partial charge in [-0.05, 0) is 50.8 Å². The molecule has 4 rings (SSSR count). The molecule has 5 nitrogen and oxygen atoms in total. The lowest BCUT2D eigenvalue weighted by Crippen LogP contribution is -2.41. The van der Waals surface area contributed by atoms with Crippen LogP contribution >= 0.6 is 11.6 Å². The molecule has 1 amide bonds. The highest BCUT2D eigenvalue weighted by Crippen LogP contribution is 2.36. The number of alkyl halides is 3. The third-order valence-electron chi connectivity index (χ3n) is 6.29. The zero-order valence-electron chi connectivity index (χ0n) is 17.7. The van der Waals surface area contributed by atoms with Gasteiger partial charge in [-0.2, -0.15) is 18.3 Å². The monoisotopic (exact) mass is 472 g/mol. The van der Waals surface area contributed by atoms with Gasteiger partial charge in [0.1, 0.15) is 5.82 Å². The van der Waals surface area contributed by atoms with E-state index in [0.29, 0.717) is 18.2 Å². The molecule has 1 aromatic heterocycles. The summed E-state index contributed by atoms with van der Waals surface area (Å²) in [5, 5.41) is 7.34. The lowest BCUT2D eigenvalue weighted by atomic mass is 9.89. The Kier molecular flexibility index (Phi) is 6.49. The van der Waals surface area contributed by atoms with Crippen molar-refractivity contribution < 1.29 is 22.4 Å². The number of carbonyl (C=O) groups excluding carboxylic acids is 1. The third kappa shape index (κ3) is 4.93. The van der Waals surface area contributed by atoms with Gasteiger partial charge < -0.3 is 10.2 Å². The first-order valence-corrected chi connectivity index (χ1v) is 11.1. The van der Waals surface area contributed by atoms with Gasteiger partial charge in [-0.1, -0.05) is 17.7 Å². The van der Waals surface area contributed by atoms with Crippen molar-refractivity contribution in [2.45, 2.75) is 57.9 Å². The highest BCUT2D eigenvalue weighted by atomic mass is 35.5. The molecule has 3 heterocycles. The number of benzene rings is 1. The number of hydrogen-bond donors (Lipinski definition) is 1. The Balaban J connectivity index is 1.58. The van der Waals surface area contributed by atoms with E-state index in [4.69, 9.17) is 11.6 Å². The second-order valence-electron chi connectivity index (χ2n) is 8.68. The van der Waals surface area contributed by atoms with Crippen molar-refractivity contribution in [2.75, 3.05) is 13.1 Å². The third-order valence-corrected chi connectivity index (χ3v) is 6.53. The van der Waals surface area contributed by atoms with Crippen LogP contribution in [0.2, 0.25) is 5.02 Å². The molecule has 1 saturated heterocycles. The number of fused-ring (bicyclic) bond motifs is 1. The first kappa shape index (κ1) is 23.0. The average molecular weight is 473 g/mol. The molecule has 0 spiro atoms.